The van der Waals surface area contributed by atoms with Crippen molar-refractivity contribution in [3.8, 4) is 23.1 Å². The molecule has 3 aromatic heterocycles. The quantitative estimate of drug-likeness (QED) is 0.475. The Morgan fingerprint density at radius 2 is 1.81 bits per heavy atom. The average molecular weight is 427 g/mol. The van der Waals surface area contributed by atoms with Gasteiger partial charge < -0.3 is 14.2 Å². The minimum atomic E-state index is -0.196. The van der Waals surface area contributed by atoms with Gasteiger partial charge in [0.05, 0.1) is 12.4 Å². The molecular weight excluding hydrogens is 406 g/mol. The molecule has 1 atom stereocenters. The van der Waals surface area contributed by atoms with Crippen LogP contribution in [-0.4, -0.2) is 21.0 Å². The minimum Gasteiger partial charge on any atom is -0.484 e. The number of benzene rings is 1. The van der Waals surface area contributed by atoms with Gasteiger partial charge in [-0.3, -0.25) is 9.20 Å². The minimum absolute atomic E-state index is 0.128. The monoisotopic (exact) mass is 427 g/mol. The first-order valence-corrected chi connectivity index (χ1v) is 10.7. The summed E-state index contributed by atoms with van der Waals surface area (Å²) in [6.45, 7) is 2.13. The molecule has 7 nitrogen and oxygen atoms in total. The number of nitrogens with zero attached hydrogens (tertiary/aromatic N) is 3. The molecule has 1 aliphatic carbocycles. The van der Waals surface area contributed by atoms with Crippen molar-refractivity contribution in [3.05, 3.63) is 88.1 Å². The Kier molecular flexibility index (Phi) is 4.35. The highest BCUT2D eigenvalue weighted by Crippen LogP contribution is 2.41. The molecule has 7 heteroatoms. The van der Waals surface area contributed by atoms with Crippen molar-refractivity contribution in [1.82, 2.24) is 14.4 Å². The molecule has 0 N–H and O–H groups in total. The SMILES string of the molecule is Cc1cnc2ccc(Oc3cnc4c(c3)OCC(c3ccc(C5CC5)cc3)O4)cn2c1=O. The van der Waals surface area contributed by atoms with Gasteiger partial charge >= 0.3 is 0 Å². The van der Waals surface area contributed by atoms with Crippen LogP contribution in [0.3, 0.4) is 0 Å². The number of hydrogen-bond donors (Lipinski definition) is 0. The lowest BCUT2D eigenvalue weighted by Crippen LogP contribution is -2.22. The number of aromatic nitrogens is 3. The molecule has 0 spiro atoms. The first-order chi connectivity index (χ1) is 15.6. The highest BCUT2D eigenvalue weighted by atomic mass is 16.6. The van der Waals surface area contributed by atoms with E-state index in [2.05, 4.69) is 34.2 Å². The van der Waals surface area contributed by atoms with E-state index in [4.69, 9.17) is 14.2 Å². The number of hydrogen-bond acceptors (Lipinski definition) is 6. The van der Waals surface area contributed by atoms with Crippen LogP contribution in [0.1, 0.15) is 41.6 Å². The summed E-state index contributed by atoms with van der Waals surface area (Å²) in [5.74, 6) is 2.69. The summed E-state index contributed by atoms with van der Waals surface area (Å²) in [5.41, 5.74) is 3.47. The van der Waals surface area contributed by atoms with E-state index < -0.39 is 0 Å². The van der Waals surface area contributed by atoms with Gasteiger partial charge in [-0.05, 0) is 48.9 Å². The van der Waals surface area contributed by atoms with Crippen LogP contribution in [0.15, 0.2) is 65.8 Å². The van der Waals surface area contributed by atoms with Gasteiger partial charge in [0.2, 0.25) is 0 Å². The Balaban J connectivity index is 1.21. The molecule has 0 saturated heterocycles. The molecule has 1 fully saturated rings. The van der Waals surface area contributed by atoms with Gasteiger partial charge in [-0.1, -0.05) is 24.3 Å². The Hall–Kier alpha value is -3.87. The molecule has 1 aliphatic heterocycles. The van der Waals surface area contributed by atoms with Crippen molar-refractivity contribution in [3.63, 3.8) is 0 Å². The molecule has 0 radical (unpaired) electrons. The molecule has 2 aliphatic rings. The van der Waals surface area contributed by atoms with Crippen LogP contribution in [0.5, 0.6) is 23.1 Å². The maximum atomic E-state index is 12.3. The Labute approximate surface area is 184 Å². The van der Waals surface area contributed by atoms with E-state index in [-0.39, 0.29) is 11.7 Å². The zero-order chi connectivity index (χ0) is 21.7. The zero-order valence-corrected chi connectivity index (χ0v) is 17.5. The Bertz CT molecular complexity index is 1380. The molecule has 1 aromatic carbocycles. The van der Waals surface area contributed by atoms with Crippen LogP contribution in [0.4, 0.5) is 0 Å². The molecule has 4 aromatic rings. The second kappa shape index (κ2) is 7.37. The molecular formula is C25H21N3O4. The summed E-state index contributed by atoms with van der Waals surface area (Å²) >= 11 is 0. The first-order valence-electron chi connectivity index (χ1n) is 10.7. The number of pyridine rings is 2. The predicted molar refractivity (Wildman–Crippen MR) is 118 cm³/mol. The maximum absolute atomic E-state index is 12.3. The number of ether oxygens (including phenoxy) is 3. The zero-order valence-electron chi connectivity index (χ0n) is 17.5. The van der Waals surface area contributed by atoms with Crippen LogP contribution in [0.25, 0.3) is 5.65 Å². The van der Waals surface area contributed by atoms with Gasteiger partial charge in [-0.15, -0.1) is 0 Å². The van der Waals surface area contributed by atoms with E-state index in [0.29, 0.717) is 40.9 Å². The lowest BCUT2D eigenvalue weighted by atomic mass is 10.0. The maximum Gasteiger partial charge on any atom is 0.260 e. The summed E-state index contributed by atoms with van der Waals surface area (Å²) in [4.78, 5) is 21.0. The third-order valence-corrected chi connectivity index (χ3v) is 5.88. The summed E-state index contributed by atoms with van der Waals surface area (Å²) in [7, 11) is 0. The summed E-state index contributed by atoms with van der Waals surface area (Å²) in [6, 6.07) is 13.8. The summed E-state index contributed by atoms with van der Waals surface area (Å²) in [5, 5.41) is 0. The van der Waals surface area contributed by atoms with Crippen LogP contribution in [0.2, 0.25) is 0 Å². The second-order valence-electron chi connectivity index (χ2n) is 8.27. The normalized spacial score (nSPS) is 17.3. The standard InChI is InChI=1S/C25H21N3O4/c1-15-11-26-23-9-8-19(13-28(23)25(15)29)31-20-10-21-24(27-12-20)32-22(14-30-21)18-6-4-17(5-7-18)16-2-3-16/h4-13,16,22H,2-3,14H2,1H3. The van der Waals surface area contributed by atoms with Crippen molar-refractivity contribution in [2.75, 3.05) is 6.61 Å². The van der Waals surface area contributed by atoms with E-state index in [1.54, 1.807) is 43.7 Å². The van der Waals surface area contributed by atoms with Crippen molar-refractivity contribution < 1.29 is 14.2 Å². The number of rotatable bonds is 4. The van der Waals surface area contributed by atoms with E-state index >= 15 is 0 Å². The molecule has 0 amide bonds. The molecule has 160 valence electrons. The smallest absolute Gasteiger partial charge is 0.260 e. The lowest BCUT2D eigenvalue weighted by molar-refractivity contribution is 0.0847. The van der Waals surface area contributed by atoms with Gasteiger partial charge in [0.25, 0.3) is 11.4 Å². The van der Waals surface area contributed by atoms with Gasteiger partial charge in [0, 0.05) is 17.8 Å². The number of fused-ring (bicyclic) bond motifs is 2. The first kappa shape index (κ1) is 18.9. The van der Waals surface area contributed by atoms with E-state index in [0.717, 1.165) is 11.5 Å². The number of aryl methyl sites for hydroxylation is 1. The van der Waals surface area contributed by atoms with Crippen LogP contribution < -0.4 is 19.8 Å². The Morgan fingerprint density at radius 3 is 2.62 bits per heavy atom. The van der Waals surface area contributed by atoms with Crippen LogP contribution in [-0.2, 0) is 0 Å². The highest BCUT2D eigenvalue weighted by Gasteiger charge is 2.26. The van der Waals surface area contributed by atoms with Gasteiger partial charge in [0.15, 0.2) is 11.9 Å². The van der Waals surface area contributed by atoms with E-state index in [1.165, 1.54) is 22.8 Å². The third-order valence-electron chi connectivity index (χ3n) is 5.88. The summed E-state index contributed by atoms with van der Waals surface area (Å²) in [6.07, 6.45) is 7.15. The van der Waals surface area contributed by atoms with E-state index in [9.17, 15) is 4.79 Å². The van der Waals surface area contributed by atoms with Gasteiger partial charge in [-0.2, -0.15) is 0 Å². The lowest BCUT2D eigenvalue weighted by Gasteiger charge is -2.26. The molecule has 32 heavy (non-hydrogen) atoms. The average Bonchev–Trinajstić information content (AvgIpc) is 3.67. The van der Waals surface area contributed by atoms with Crippen LogP contribution in [0, 0.1) is 6.92 Å². The van der Waals surface area contributed by atoms with Gasteiger partial charge in [0.1, 0.15) is 23.8 Å². The predicted octanol–water partition coefficient (Wildman–Crippen LogP) is 4.58. The fourth-order valence-electron chi connectivity index (χ4n) is 3.91. The topological polar surface area (TPSA) is 75.0 Å². The van der Waals surface area contributed by atoms with Crippen molar-refractivity contribution in [2.24, 2.45) is 0 Å². The Morgan fingerprint density at radius 1 is 1.00 bits per heavy atom. The third kappa shape index (κ3) is 3.45. The van der Waals surface area contributed by atoms with Crippen molar-refractivity contribution in [1.29, 1.82) is 0 Å². The largest absolute Gasteiger partial charge is 0.484 e. The summed E-state index contributed by atoms with van der Waals surface area (Å²) < 4.78 is 19.4. The van der Waals surface area contributed by atoms with Crippen molar-refractivity contribution >= 4 is 5.65 Å². The van der Waals surface area contributed by atoms with E-state index in [1.807, 2.05) is 0 Å². The molecule has 6 rings (SSSR count). The van der Waals surface area contributed by atoms with Gasteiger partial charge in [-0.25, -0.2) is 9.97 Å². The fraction of sp³-hybridized carbons (Fsp3) is 0.240. The fourth-order valence-corrected chi connectivity index (χ4v) is 3.91. The highest BCUT2D eigenvalue weighted by molar-refractivity contribution is 5.45. The van der Waals surface area contributed by atoms with Crippen molar-refractivity contribution in [2.45, 2.75) is 31.8 Å². The molecule has 4 heterocycles. The van der Waals surface area contributed by atoms with Crippen LogP contribution >= 0.6 is 0 Å². The molecule has 1 unspecified atom stereocenters. The molecule has 1 saturated carbocycles. The second-order valence-corrected chi connectivity index (χ2v) is 8.27. The molecule has 0 bridgehead atoms.